The molecule has 2 amide bonds. The number of likely N-dealkylation sites (tertiary alicyclic amines) is 1. The first kappa shape index (κ1) is 24.0. The van der Waals surface area contributed by atoms with Crippen molar-refractivity contribution >= 4 is 34.2 Å². The molecule has 9 nitrogen and oxygen atoms in total. The van der Waals surface area contributed by atoms with Crippen molar-refractivity contribution in [2.24, 2.45) is 7.05 Å². The number of aryl methyl sites for hydroxylation is 1. The number of hydrogen-bond acceptors (Lipinski definition) is 6. The van der Waals surface area contributed by atoms with Crippen LogP contribution in [0.15, 0.2) is 61.1 Å². The summed E-state index contributed by atoms with van der Waals surface area (Å²) in [5, 5.41) is 16.1. The number of nitriles is 1. The molecule has 0 saturated carbocycles. The zero-order valence-electron chi connectivity index (χ0n) is 20.7. The number of aromatic nitrogens is 3. The van der Waals surface area contributed by atoms with Gasteiger partial charge in [-0.1, -0.05) is 0 Å². The number of pyridine rings is 2. The Labute approximate surface area is 214 Å². The Morgan fingerprint density at radius 1 is 1.08 bits per heavy atom. The number of carbonyl (C=O) groups is 2. The lowest BCUT2D eigenvalue weighted by Gasteiger charge is -2.32. The van der Waals surface area contributed by atoms with Crippen molar-refractivity contribution in [3.8, 4) is 6.07 Å². The second kappa shape index (κ2) is 10.1. The number of hydrogen-bond donors (Lipinski definition) is 2. The van der Waals surface area contributed by atoms with E-state index in [2.05, 4.69) is 31.4 Å². The minimum atomic E-state index is -0.364. The minimum Gasteiger partial charge on any atom is -0.372 e. The molecule has 0 radical (unpaired) electrons. The largest absolute Gasteiger partial charge is 0.372 e. The van der Waals surface area contributed by atoms with E-state index in [-0.39, 0.29) is 17.5 Å². The number of amides is 2. The van der Waals surface area contributed by atoms with Crippen molar-refractivity contribution in [1.29, 1.82) is 5.26 Å². The van der Waals surface area contributed by atoms with E-state index in [4.69, 9.17) is 5.26 Å². The fourth-order valence-electron chi connectivity index (χ4n) is 4.99. The Balaban J connectivity index is 1.33. The first-order valence-corrected chi connectivity index (χ1v) is 12.2. The van der Waals surface area contributed by atoms with Crippen molar-refractivity contribution in [2.45, 2.75) is 18.8 Å². The van der Waals surface area contributed by atoms with Crippen molar-refractivity contribution in [3.63, 3.8) is 0 Å². The zero-order valence-corrected chi connectivity index (χ0v) is 20.7. The number of rotatable bonds is 5. The Morgan fingerprint density at radius 3 is 2.65 bits per heavy atom. The maximum absolute atomic E-state index is 13.1. The van der Waals surface area contributed by atoms with Gasteiger partial charge < -0.3 is 20.1 Å². The van der Waals surface area contributed by atoms with E-state index in [1.165, 1.54) is 17.8 Å². The highest BCUT2D eigenvalue weighted by molar-refractivity contribution is 6.04. The molecule has 1 saturated heterocycles. The summed E-state index contributed by atoms with van der Waals surface area (Å²) in [5.41, 5.74) is 4.12. The Hall–Kier alpha value is -4.71. The van der Waals surface area contributed by atoms with Gasteiger partial charge in [0.05, 0.1) is 17.2 Å². The lowest BCUT2D eigenvalue weighted by Crippen LogP contribution is -2.38. The number of nitrogens with one attached hydrogen (secondary N) is 2. The average molecular weight is 494 g/mol. The lowest BCUT2D eigenvalue weighted by atomic mass is 9.89. The number of anilines is 2. The number of fused-ring (bicyclic) bond motifs is 1. The summed E-state index contributed by atoms with van der Waals surface area (Å²) in [7, 11) is 3.78. The smallest absolute Gasteiger partial charge is 0.274 e. The molecule has 0 bridgehead atoms. The second-order valence-electron chi connectivity index (χ2n) is 9.14. The van der Waals surface area contributed by atoms with Gasteiger partial charge >= 0.3 is 0 Å². The summed E-state index contributed by atoms with van der Waals surface area (Å²) in [6.07, 6.45) is 6.97. The van der Waals surface area contributed by atoms with Crippen molar-refractivity contribution in [2.75, 3.05) is 30.8 Å². The van der Waals surface area contributed by atoms with Crippen LogP contribution in [0.3, 0.4) is 0 Å². The highest BCUT2D eigenvalue weighted by Gasteiger charge is 2.28. The monoisotopic (exact) mass is 493 g/mol. The normalized spacial score (nSPS) is 13.8. The van der Waals surface area contributed by atoms with E-state index in [9.17, 15) is 9.59 Å². The Bertz CT molecular complexity index is 1530. The van der Waals surface area contributed by atoms with Gasteiger partial charge in [-0.2, -0.15) is 5.26 Å². The Kier molecular flexibility index (Phi) is 6.56. The molecular weight excluding hydrogens is 466 g/mol. The van der Waals surface area contributed by atoms with Crippen LogP contribution in [-0.4, -0.2) is 51.4 Å². The molecule has 2 N–H and O–H groups in total. The number of piperidine rings is 1. The molecule has 9 heteroatoms. The zero-order chi connectivity index (χ0) is 25.9. The van der Waals surface area contributed by atoms with Gasteiger partial charge in [0.1, 0.15) is 11.5 Å². The third-order valence-electron chi connectivity index (χ3n) is 6.90. The van der Waals surface area contributed by atoms with Crippen LogP contribution in [0.25, 0.3) is 10.9 Å². The second-order valence-corrected chi connectivity index (χ2v) is 9.14. The van der Waals surface area contributed by atoms with E-state index in [1.807, 2.05) is 36.2 Å². The predicted octanol–water partition coefficient (Wildman–Crippen LogP) is 4.15. The van der Waals surface area contributed by atoms with Gasteiger partial charge in [0.15, 0.2) is 0 Å². The van der Waals surface area contributed by atoms with Gasteiger partial charge in [-0.3, -0.25) is 14.6 Å². The average Bonchev–Trinajstić information content (AvgIpc) is 3.28. The summed E-state index contributed by atoms with van der Waals surface area (Å²) in [5.74, 6) is 0.517. The first-order chi connectivity index (χ1) is 18.0. The number of benzene rings is 1. The quantitative estimate of drug-likeness (QED) is 0.431. The maximum Gasteiger partial charge on any atom is 0.274 e. The van der Waals surface area contributed by atoms with E-state index >= 15 is 0 Å². The molecule has 1 aliphatic rings. The summed E-state index contributed by atoms with van der Waals surface area (Å²) < 4.78 is 2.10. The third-order valence-corrected chi connectivity index (χ3v) is 6.90. The number of carbonyl (C=O) groups excluding carboxylic acids is 2. The van der Waals surface area contributed by atoms with E-state index < -0.39 is 0 Å². The van der Waals surface area contributed by atoms with Crippen LogP contribution >= 0.6 is 0 Å². The molecule has 0 unspecified atom stereocenters. The fourth-order valence-corrected chi connectivity index (χ4v) is 4.99. The van der Waals surface area contributed by atoms with Gasteiger partial charge in [0, 0.05) is 62.4 Å². The van der Waals surface area contributed by atoms with Crippen LogP contribution in [0.4, 0.5) is 11.5 Å². The van der Waals surface area contributed by atoms with Gasteiger partial charge in [-0.05, 0) is 66.8 Å². The summed E-state index contributed by atoms with van der Waals surface area (Å²) in [4.78, 5) is 36.1. The molecule has 3 aromatic heterocycles. The SMILES string of the molecule is CNc1ncccc1C(=O)N1CCC(c2cn(C)c3ccc(NC(=O)c4cc(C#N)ccn4)cc23)CC1. The van der Waals surface area contributed by atoms with Crippen molar-refractivity contribution in [3.05, 3.63) is 83.4 Å². The van der Waals surface area contributed by atoms with Crippen LogP contribution in [0.5, 0.6) is 0 Å². The van der Waals surface area contributed by atoms with Gasteiger partial charge in [0.2, 0.25) is 0 Å². The molecule has 0 aliphatic carbocycles. The molecule has 5 rings (SSSR count). The topological polar surface area (TPSA) is 116 Å². The summed E-state index contributed by atoms with van der Waals surface area (Å²) in [6.45, 7) is 1.32. The highest BCUT2D eigenvalue weighted by atomic mass is 16.2. The van der Waals surface area contributed by atoms with E-state index in [0.29, 0.717) is 41.6 Å². The lowest BCUT2D eigenvalue weighted by molar-refractivity contribution is 0.0713. The maximum atomic E-state index is 13.1. The van der Waals surface area contributed by atoms with Crippen LogP contribution in [-0.2, 0) is 7.05 Å². The van der Waals surface area contributed by atoms with E-state index in [1.54, 1.807) is 31.4 Å². The first-order valence-electron chi connectivity index (χ1n) is 12.2. The molecule has 37 heavy (non-hydrogen) atoms. The fraction of sp³-hybridized carbons (Fsp3) is 0.250. The minimum absolute atomic E-state index is 0.00658. The van der Waals surface area contributed by atoms with E-state index in [0.717, 1.165) is 23.7 Å². The summed E-state index contributed by atoms with van der Waals surface area (Å²) in [6, 6.07) is 14.5. The standard InChI is InChI=1S/C28H27N7O2/c1-30-26-21(4-3-10-32-26)28(37)35-12-8-19(9-13-35)23-17-34(2)25-6-5-20(15-22(23)25)33-27(36)24-14-18(16-29)7-11-31-24/h3-7,10-11,14-15,17,19H,8-9,12-13H2,1-2H3,(H,30,32)(H,33,36). The third kappa shape index (κ3) is 4.74. The molecule has 4 aromatic rings. The molecule has 1 aromatic carbocycles. The van der Waals surface area contributed by atoms with Crippen LogP contribution < -0.4 is 10.6 Å². The molecule has 0 spiro atoms. The van der Waals surface area contributed by atoms with Gasteiger partial charge in [-0.15, -0.1) is 0 Å². The van der Waals surface area contributed by atoms with Gasteiger partial charge in [-0.25, -0.2) is 4.98 Å². The Morgan fingerprint density at radius 2 is 1.89 bits per heavy atom. The van der Waals surface area contributed by atoms with Crippen molar-refractivity contribution < 1.29 is 9.59 Å². The van der Waals surface area contributed by atoms with Crippen LogP contribution in [0, 0.1) is 11.3 Å². The van der Waals surface area contributed by atoms with Crippen LogP contribution in [0.2, 0.25) is 0 Å². The molecule has 1 fully saturated rings. The van der Waals surface area contributed by atoms with Gasteiger partial charge in [0.25, 0.3) is 11.8 Å². The highest BCUT2D eigenvalue weighted by Crippen LogP contribution is 2.36. The molecule has 186 valence electrons. The number of nitrogens with zero attached hydrogens (tertiary/aromatic N) is 5. The molecule has 1 aliphatic heterocycles. The predicted molar refractivity (Wildman–Crippen MR) is 141 cm³/mol. The summed E-state index contributed by atoms with van der Waals surface area (Å²) >= 11 is 0. The van der Waals surface area contributed by atoms with Crippen molar-refractivity contribution in [1.82, 2.24) is 19.4 Å². The molecule has 0 atom stereocenters. The molecular formula is C28H27N7O2. The van der Waals surface area contributed by atoms with Crippen LogP contribution in [0.1, 0.15) is 50.7 Å². The molecule has 4 heterocycles.